The number of halogens is 1. The first-order chi connectivity index (χ1) is 12.6. The second-order valence-electron chi connectivity index (χ2n) is 6.78. The van der Waals surface area contributed by atoms with Crippen molar-refractivity contribution in [3.05, 3.63) is 29.8 Å². The average molecular weight is 418 g/mol. The first-order valence-corrected chi connectivity index (χ1v) is 10.7. The Morgan fingerprint density at radius 2 is 1.96 bits per heavy atom. The van der Waals surface area contributed by atoms with Gasteiger partial charge in [0.2, 0.25) is 15.9 Å². The van der Waals surface area contributed by atoms with Gasteiger partial charge in [-0.3, -0.25) is 4.79 Å². The Morgan fingerprint density at radius 1 is 1.22 bits per heavy atom. The highest BCUT2D eigenvalue weighted by Crippen LogP contribution is 2.23. The molecule has 2 N–H and O–H groups in total. The molecule has 3 rings (SSSR count). The Kier molecular flexibility index (Phi) is 8.50. The van der Waals surface area contributed by atoms with Gasteiger partial charge >= 0.3 is 0 Å². The van der Waals surface area contributed by atoms with Crippen LogP contribution in [0.2, 0.25) is 0 Å². The summed E-state index contributed by atoms with van der Waals surface area (Å²) in [7, 11) is -3.52. The van der Waals surface area contributed by atoms with Crippen LogP contribution in [0.5, 0.6) is 0 Å². The molecule has 1 unspecified atom stereocenters. The molecule has 2 aliphatic heterocycles. The van der Waals surface area contributed by atoms with E-state index in [1.165, 1.54) is 0 Å². The Morgan fingerprint density at radius 3 is 2.67 bits per heavy atom. The van der Waals surface area contributed by atoms with Crippen molar-refractivity contribution in [2.45, 2.75) is 43.2 Å². The van der Waals surface area contributed by atoms with Crippen LogP contribution in [0, 0.1) is 0 Å². The first kappa shape index (κ1) is 22.1. The lowest BCUT2D eigenvalue weighted by atomic mass is 10.2. The molecule has 0 saturated carbocycles. The second kappa shape index (κ2) is 10.4. The van der Waals surface area contributed by atoms with Crippen LogP contribution >= 0.6 is 12.4 Å². The van der Waals surface area contributed by atoms with E-state index in [4.69, 9.17) is 4.74 Å². The van der Waals surface area contributed by atoms with Crippen molar-refractivity contribution in [3.63, 3.8) is 0 Å². The number of hydrogen-bond donors (Lipinski definition) is 2. The number of hydrogen-bond acceptors (Lipinski definition) is 5. The van der Waals surface area contributed by atoms with Crippen molar-refractivity contribution in [3.8, 4) is 0 Å². The monoisotopic (exact) mass is 417 g/mol. The lowest BCUT2D eigenvalue weighted by Gasteiger charge is -2.27. The van der Waals surface area contributed by atoms with Crippen LogP contribution in [0.15, 0.2) is 29.2 Å². The SMILES string of the molecule is Cl.O=C(CC1COCCN1)NCc1ccccc1S(=O)(=O)N1CCCCC1. The third-order valence-corrected chi connectivity index (χ3v) is 6.81. The van der Waals surface area contributed by atoms with Crippen LogP contribution in [0.1, 0.15) is 31.2 Å². The standard InChI is InChI=1S/C18H27N3O4S.ClH/c22-18(12-16-14-25-11-8-19-16)20-13-15-6-2-3-7-17(15)26(23,24)21-9-4-1-5-10-21;/h2-3,6-7,16,19H,1,4-5,8-14H2,(H,20,22);1H. The van der Waals surface area contributed by atoms with E-state index in [-0.39, 0.29) is 30.9 Å². The van der Waals surface area contributed by atoms with Crippen LogP contribution < -0.4 is 10.6 Å². The molecule has 1 amide bonds. The van der Waals surface area contributed by atoms with Crippen LogP contribution in [0.4, 0.5) is 0 Å². The molecule has 2 fully saturated rings. The molecule has 2 aliphatic rings. The molecule has 1 aromatic rings. The Bertz CT molecular complexity index is 717. The predicted octanol–water partition coefficient (Wildman–Crippen LogP) is 1.28. The number of sulfonamides is 1. The van der Waals surface area contributed by atoms with Crippen LogP contribution in [-0.2, 0) is 26.1 Å². The zero-order valence-corrected chi connectivity index (χ0v) is 17.0. The summed E-state index contributed by atoms with van der Waals surface area (Å²) < 4.78 is 32.8. The Hall–Kier alpha value is -1.19. The number of benzene rings is 1. The minimum Gasteiger partial charge on any atom is -0.378 e. The van der Waals surface area contributed by atoms with Crippen molar-refractivity contribution in [1.82, 2.24) is 14.9 Å². The van der Waals surface area contributed by atoms with Crippen molar-refractivity contribution >= 4 is 28.3 Å². The van der Waals surface area contributed by atoms with E-state index < -0.39 is 10.0 Å². The van der Waals surface area contributed by atoms with E-state index in [0.717, 1.165) is 25.8 Å². The largest absolute Gasteiger partial charge is 0.378 e. The van der Waals surface area contributed by atoms with Crippen molar-refractivity contribution in [2.24, 2.45) is 0 Å². The molecule has 0 bridgehead atoms. The van der Waals surface area contributed by atoms with E-state index in [0.29, 0.717) is 43.2 Å². The molecule has 0 radical (unpaired) electrons. The summed E-state index contributed by atoms with van der Waals surface area (Å²) in [5.74, 6) is -0.113. The summed E-state index contributed by atoms with van der Waals surface area (Å²) in [5, 5.41) is 6.08. The number of carbonyl (C=O) groups excluding carboxylic acids is 1. The van der Waals surface area contributed by atoms with E-state index in [1.807, 2.05) is 0 Å². The number of carbonyl (C=O) groups is 1. The van der Waals surface area contributed by atoms with Gasteiger partial charge in [0.1, 0.15) is 0 Å². The van der Waals surface area contributed by atoms with E-state index >= 15 is 0 Å². The molecule has 2 saturated heterocycles. The van der Waals surface area contributed by atoms with Gasteiger partial charge in [-0.15, -0.1) is 12.4 Å². The molecule has 152 valence electrons. The average Bonchev–Trinajstić information content (AvgIpc) is 2.68. The molecule has 0 aromatic heterocycles. The summed E-state index contributed by atoms with van der Waals surface area (Å²) in [6.07, 6.45) is 3.19. The summed E-state index contributed by atoms with van der Waals surface area (Å²) in [4.78, 5) is 12.5. The molecule has 0 spiro atoms. The number of nitrogens with zero attached hydrogens (tertiary/aromatic N) is 1. The third-order valence-electron chi connectivity index (χ3n) is 4.81. The fraction of sp³-hybridized carbons (Fsp3) is 0.611. The lowest BCUT2D eigenvalue weighted by molar-refractivity contribution is -0.122. The minimum absolute atomic E-state index is 0. The van der Waals surface area contributed by atoms with Gasteiger partial charge in [-0.2, -0.15) is 4.31 Å². The van der Waals surface area contributed by atoms with Gasteiger partial charge in [-0.05, 0) is 24.5 Å². The van der Waals surface area contributed by atoms with E-state index in [1.54, 1.807) is 28.6 Å². The number of rotatable bonds is 6. The third kappa shape index (κ3) is 5.89. The maximum atomic E-state index is 13.0. The normalized spacial score (nSPS) is 21.3. The summed E-state index contributed by atoms with van der Waals surface area (Å²) in [5.41, 5.74) is 0.624. The maximum Gasteiger partial charge on any atom is 0.243 e. The molecule has 1 aromatic carbocycles. The number of piperidine rings is 1. The summed E-state index contributed by atoms with van der Waals surface area (Å²) in [6.45, 7) is 3.27. The Labute approximate surface area is 167 Å². The summed E-state index contributed by atoms with van der Waals surface area (Å²) >= 11 is 0. The fourth-order valence-corrected chi connectivity index (χ4v) is 5.13. The molecule has 9 heteroatoms. The highest BCUT2D eigenvalue weighted by molar-refractivity contribution is 7.89. The van der Waals surface area contributed by atoms with Crippen molar-refractivity contribution in [2.75, 3.05) is 32.8 Å². The molecular weight excluding hydrogens is 390 g/mol. The molecule has 1 atom stereocenters. The highest BCUT2D eigenvalue weighted by atomic mass is 35.5. The van der Waals surface area contributed by atoms with E-state index in [9.17, 15) is 13.2 Å². The van der Waals surface area contributed by atoms with Crippen LogP contribution in [0.3, 0.4) is 0 Å². The fourth-order valence-electron chi connectivity index (χ4n) is 3.39. The van der Waals surface area contributed by atoms with Crippen molar-refractivity contribution < 1.29 is 17.9 Å². The second-order valence-corrected chi connectivity index (χ2v) is 8.69. The minimum atomic E-state index is -3.52. The van der Waals surface area contributed by atoms with Gasteiger partial charge < -0.3 is 15.4 Å². The smallest absolute Gasteiger partial charge is 0.243 e. The molecule has 2 heterocycles. The highest BCUT2D eigenvalue weighted by Gasteiger charge is 2.28. The van der Waals surface area contributed by atoms with Gasteiger partial charge in [-0.25, -0.2) is 8.42 Å². The maximum absolute atomic E-state index is 13.0. The quantitative estimate of drug-likeness (QED) is 0.728. The van der Waals surface area contributed by atoms with Crippen molar-refractivity contribution in [1.29, 1.82) is 0 Å². The van der Waals surface area contributed by atoms with Gasteiger partial charge in [0.25, 0.3) is 0 Å². The zero-order chi connectivity index (χ0) is 18.4. The Balaban J connectivity index is 0.00000261. The number of morpholine rings is 1. The molecular formula is C18H28ClN3O4S. The van der Waals surface area contributed by atoms with Crippen LogP contribution in [0.25, 0.3) is 0 Å². The topological polar surface area (TPSA) is 87.7 Å². The first-order valence-electron chi connectivity index (χ1n) is 9.23. The van der Waals surface area contributed by atoms with Gasteiger partial charge in [0.15, 0.2) is 0 Å². The molecule has 7 nitrogen and oxygen atoms in total. The number of amides is 1. The van der Waals surface area contributed by atoms with Gasteiger partial charge in [0, 0.05) is 38.6 Å². The van der Waals surface area contributed by atoms with Crippen LogP contribution in [-0.4, -0.2) is 57.5 Å². The van der Waals surface area contributed by atoms with Gasteiger partial charge in [-0.1, -0.05) is 24.6 Å². The lowest BCUT2D eigenvalue weighted by Crippen LogP contribution is -2.44. The van der Waals surface area contributed by atoms with Gasteiger partial charge in [0.05, 0.1) is 18.1 Å². The van der Waals surface area contributed by atoms with E-state index in [2.05, 4.69) is 10.6 Å². The predicted molar refractivity (Wildman–Crippen MR) is 105 cm³/mol. The molecule has 27 heavy (non-hydrogen) atoms. The zero-order valence-electron chi connectivity index (χ0n) is 15.4. The molecule has 0 aliphatic carbocycles. The number of nitrogens with one attached hydrogen (secondary N) is 2. The summed E-state index contributed by atoms with van der Waals surface area (Å²) in [6, 6.07) is 6.93. The number of ether oxygens (including phenoxy) is 1.